The number of benzene rings is 1. The normalized spacial score (nSPS) is 16.6. The maximum Gasteiger partial charge on any atom is 0.338 e. The molecule has 0 bridgehead atoms. The van der Waals surface area contributed by atoms with E-state index in [4.69, 9.17) is 16.3 Å². The van der Waals surface area contributed by atoms with Crippen molar-refractivity contribution >= 4 is 23.4 Å². The number of aromatic hydroxyl groups is 1. The number of nitrogens with zero attached hydrogens (tertiary/aromatic N) is 2. The van der Waals surface area contributed by atoms with Crippen molar-refractivity contribution in [3.05, 3.63) is 69.9 Å². The molecule has 0 radical (unpaired) electrons. The summed E-state index contributed by atoms with van der Waals surface area (Å²) in [5.74, 6) is -0.948. The van der Waals surface area contributed by atoms with Crippen LogP contribution in [0.1, 0.15) is 31.1 Å². The molecule has 2 aromatic rings. The lowest BCUT2D eigenvalue weighted by molar-refractivity contribution is -0.138. The number of hydrogen-bond donors (Lipinski definition) is 2. The van der Waals surface area contributed by atoms with Crippen LogP contribution < -0.4 is 5.32 Å². The van der Waals surface area contributed by atoms with Gasteiger partial charge in [-0.2, -0.15) is 0 Å². The summed E-state index contributed by atoms with van der Waals surface area (Å²) in [5, 5.41) is 12.8. The zero-order chi connectivity index (χ0) is 19.6. The predicted molar refractivity (Wildman–Crippen MR) is 99.1 cm³/mol. The highest BCUT2D eigenvalue weighted by Gasteiger charge is 2.32. The van der Waals surface area contributed by atoms with E-state index in [9.17, 15) is 14.3 Å². The van der Waals surface area contributed by atoms with Gasteiger partial charge in [0.2, 0.25) is 0 Å². The highest BCUT2D eigenvalue weighted by molar-refractivity contribution is 6.31. The predicted octanol–water partition coefficient (Wildman–Crippen LogP) is 3.51. The Kier molecular flexibility index (Phi) is 5.41. The molecule has 1 aromatic carbocycles. The molecule has 1 aliphatic heterocycles. The number of ether oxygens (including phenoxy) is 1. The number of phenolic OH excluding ortho intramolecular Hbond substituents is 1. The second kappa shape index (κ2) is 7.75. The van der Waals surface area contributed by atoms with E-state index in [0.29, 0.717) is 11.3 Å². The van der Waals surface area contributed by atoms with Crippen LogP contribution in [0.15, 0.2) is 52.8 Å². The molecule has 0 amide bonds. The van der Waals surface area contributed by atoms with E-state index in [1.807, 2.05) is 0 Å². The van der Waals surface area contributed by atoms with Crippen molar-refractivity contribution in [2.45, 2.75) is 19.9 Å². The number of esters is 1. The molecule has 1 aromatic heterocycles. The minimum absolute atomic E-state index is 0.0176. The summed E-state index contributed by atoms with van der Waals surface area (Å²) in [6.45, 7) is 3.56. The van der Waals surface area contributed by atoms with Gasteiger partial charge in [0.15, 0.2) is 11.7 Å². The van der Waals surface area contributed by atoms with Gasteiger partial charge in [-0.05, 0) is 38.1 Å². The lowest BCUT2D eigenvalue weighted by atomic mass is 9.95. The fourth-order valence-corrected chi connectivity index (χ4v) is 3.07. The van der Waals surface area contributed by atoms with Gasteiger partial charge in [0.1, 0.15) is 17.5 Å². The molecule has 0 saturated carbocycles. The number of nitrogens with one attached hydrogen (secondary N) is 1. The summed E-state index contributed by atoms with van der Waals surface area (Å²) in [7, 11) is 0. The Morgan fingerprint density at radius 2 is 2.19 bits per heavy atom. The average molecular weight is 390 g/mol. The standard InChI is InChI=1S/C19H17ClFN3O3/c1-3-27-19(26)15-10(2)23-18(17-14(21)5-4-8-22-17)24-16(15)12-7-6-11(25)9-13(12)20/h4-9,16,25H,3H2,1-2H3,(H,23,24). The number of allylic oxidation sites excluding steroid dienone is 1. The number of carbonyl (C=O) groups excluding carboxylic acids is 1. The van der Waals surface area contributed by atoms with Crippen molar-refractivity contribution in [3.63, 3.8) is 0 Å². The largest absolute Gasteiger partial charge is 0.508 e. The van der Waals surface area contributed by atoms with Gasteiger partial charge in [-0.25, -0.2) is 14.2 Å². The highest BCUT2D eigenvalue weighted by Crippen LogP contribution is 2.37. The van der Waals surface area contributed by atoms with E-state index >= 15 is 0 Å². The molecule has 0 fully saturated rings. The van der Waals surface area contributed by atoms with Crippen LogP contribution in [0.3, 0.4) is 0 Å². The molecule has 3 rings (SSSR count). The maximum atomic E-state index is 14.2. The van der Waals surface area contributed by atoms with Crippen molar-refractivity contribution in [2.75, 3.05) is 6.61 Å². The van der Waals surface area contributed by atoms with Crippen LogP contribution >= 0.6 is 11.6 Å². The molecule has 6 nitrogen and oxygen atoms in total. The molecule has 2 N–H and O–H groups in total. The molecular formula is C19H17ClFN3O3. The third-order valence-corrected chi connectivity index (χ3v) is 4.33. The Labute approximate surface area is 160 Å². The molecule has 0 saturated heterocycles. The van der Waals surface area contributed by atoms with Crippen LogP contribution in [0.4, 0.5) is 4.39 Å². The first-order valence-electron chi connectivity index (χ1n) is 8.24. The molecule has 140 valence electrons. The van der Waals surface area contributed by atoms with Crippen LogP contribution in [0, 0.1) is 5.82 Å². The quantitative estimate of drug-likeness (QED) is 0.782. The Bertz CT molecular complexity index is 959. The van der Waals surface area contributed by atoms with Crippen LogP contribution in [0.5, 0.6) is 5.75 Å². The molecule has 1 atom stereocenters. The summed E-state index contributed by atoms with van der Waals surface area (Å²) in [5.41, 5.74) is 1.22. The average Bonchev–Trinajstić information content (AvgIpc) is 2.61. The van der Waals surface area contributed by atoms with Crippen LogP contribution in [0.25, 0.3) is 0 Å². The van der Waals surface area contributed by atoms with Gasteiger partial charge in [0.05, 0.1) is 12.2 Å². The van der Waals surface area contributed by atoms with Crippen molar-refractivity contribution in [1.82, 2.24) is 10.3 Å². The SMILES string of the molecule is CCOC(=O)C1=C(C)NC(c2ncccc2F)=NC1c1ccc(O)cc1Cl. The molecule has 8 heteroatoms. The van der Waals surface area contributed by atoms with Gasteiger partial charge in [0, 0.05) is 22.5 Å². The number of phenols is 1. The number of aromatic nitrogens is 1. The van der Waals surface area contributed by atoms with Crippen LogP contribution in [-0.4, -0.2) is 28.5 Å². The van der Waals surface area contributed by atoms with E-state index in [2.05, 4.69) is 15.3 Å². The number of rotatable bonds is 4. The van der Waals surface area contributed by atoms with Gasteiger partial charge in [-0.3, -0.25) is 4.99 Å². The lowest BCUT2D eigenvalue weighted by Crippen LogP contribution is -2.34. The molecule has 1 unspecified atom stereocenters. The van der Waals surface area contributed by atoms with Gasteiger partial charge in [0.25, 0.3) is 0 Å². The van der Waals surface area contributed by atoms with E-state index in [0.717, 1.165) is 0 Å². The minimum atomic E-state index is -0.838. The lowest BCUT2D eigenvalue weighted by Gasteiger charge is -2.26. The molecule has 0 spiro atoms. The molecular weight excluding hydrogens is 373 g/mol. The number of hydrogen-bond acceptors (Lipinski definition) is 6. The van der Waals surface area contributed by atoms with Gasteiger partial charge in [-0.1, -0.05) is 17.7 Å². The third-order valence-electron chi connectivity index (χ3n) is 4.00. The van der Waals surface area contributed by atoms with E-state index in [1.54, 1.807) is 19.9 Å². The Morgan fingerprint density at radius 1 is 1.41 bits per heavy atom. The third kappa shape index (κ3) is 3.78. The first-order valence-corrected chi connectivity index (χ1v) is 8.62. The summed E-state index contributed by atoms with van der Waals surface area (Å²) in [6.07, 6.45) is 1.45. The van der Waals surface area contributed by atoms with E-state index in [-0.39, 0.29) is 34.5 Å². The zero-order valence-corrected chi connectivity index (χ0v) is 15.4. The molecule has 27 heavy (non-hydrogen) atoms. The second-order valence-corrected chi connectivity index (χ2v) is 6.21. The van der Waals surface area contributed by atoms with Gasteiger partial charge < -0.3 is 15.2 Å². The second-order valence-electron chi connectivity index (χ2n) is 5.80. The number of halogens is 2. The summed E-state index contributed by atoms with van der Waals surface area (Å²) in [6, 6.07) is 6.27. The van der Waals surface area contributed by atoms with Gasteiger partial charge >= 0.3 is 5.97 Å². The fraction of sp³-hybridized carbons (Fsp3) is 0.211. The number of aliphatic imine (C=N–C) groups is 1. The maximum absolute atomic E-state index is 14.2. The van der Waals surface area contributed by atoms with Crippen LogP contribution in [0.2, 0.25) is 5.02 Å². The topological polar surface area (TPSA) is 83.8 Å². The van der Waals surface area contributed by atoms with E-state index in [1.165, 1.54) is 30.5 Å². The van der Waals surface area contributed by atoms with Crippen molar-refractivity contribution < 1.29 is 19.0 Å². The van der Waals surface area contributed by atoms with Crippen molar-refractivity contribution in [2.24, 2.45) is 4.99 Å². The summed E-state index contributed by atoms with van der Waals surface area (Å²) < 4.78 is 19.3. The fourth-order valence-electron chi connectivity index (χ4n) is 2.79. The monoisotopic (exact) mass is 389 g/mol. The van der Waals surface area contributed by atoms with Crippen LogP contribution in [-0.2, 0) is 9.53 Å². The number of amidine groups is 1. The smallest absolute Gasteiger partial charge is 0.338 e. The van der Waals surface area contributed by atoms with Crippen molar-refractivity contribution in [1.29, 1.82) is 0 Å². The first-order chi connectivity index (χ1) is 12.9. The summed E-state index contributed by atoms with van der Waals surface area (Å²) in [4.78, 5) is 21.0. The van der Waals surface area contributed by atoms with Gasteiger partial charge in [-0.15, -0.1) is 0 Å². The van der Waals surface area contributed by atoms with E-state index < -0.39 is 17.8 Å². The van der Waals surface area contributed by atoms with Crippen molar-refractivity contribution in [3.8, 4) is 5.75 Å². The molecule has 0 aliphatic carbocycles. The summed E-state index contributed by atoms with van der Waals surface area (Å²) >= 11 is 6.27. The number of carbonyl (C=O) groups is 1. The Balaban J connectivity index is 2.15. The molecule has 1 aliphatic rings. The minimum Gasteiger partial charge on any atom is -0.508 e. The molecule has 2 heterocycles. The zero-order valence-electron chi connectivity index (χ0n) is 14.7. The first kappa shape index (κ1) is 18.8. The number of pyridine rings is 1. The highest BCUT2D eigenvalue weighted by atomic mass is 35.5. The Hall–Kier alpha value is -2.93. The Morgan fingerprint density at radius 3 is 2.85 bits per heavy atom.